The zero-order valence-electron chi connectivity index (χ0n) is 18.2. The van der Waals surface area contributed by atoms with E-state index in [-0.39, 0.29) is 5.60 Å². The molecule has 0 N–H and O–H groups in total. The van der Waals surface area contributed by atoms with E-state index in [0.717, 1.165) is 42.7 Å². The minimum Gasteiger partial charge on any atom is -0.485 e. The van der Waals surface area contributed by atoms with Crippen molar-refractivity contribution in [2.24, 2.45) is 0 Å². The molecule has 2 aliphatic rings. The van der Waals surface area contributed by atoms with Crippen molar-refractivity contribution in [3.05, 3.63) is 59.4 Å². The lowest BCUT2D eigenvalue weighted by Gasteiger charge is -2.09. The van der Waals surface area contributed by atoms with Crippen molar-refractivity contribution in [3.63, 3.8) is 0 Å². The van der Waals surface area contributed by atoms with Gasteiger partial charge in [0.2, 0.25) is 0 Å². The Morgan fingerprint density at radius 3 is 2.72 bits per heavy atom. The lowest BCUT2D eigenvalue weighted by molar-refractivity contribution is 0.148. The maximum atomic E-state index is 5.81. The van der Waals surface area contributed by atoms with Gasteiger partial charge in [0.15, 0.2) is 11.5 Å². The molecule has 3 rings (SSSR count). The number of hydrogen-bond acceptors (Lipinski definition) is 4. The summed E-state index contributed by atoms with van der Waals surface area (Å²) in [5.74, 6) is 1.51. The van der Waals surface area contributed by atoms with Crippen LogP contribution in [0.5, 0.6) is 11.5 Å². The number of hydrogen-bond donors (Lipinski definition) is 0. The van der Waals surface area contributed by atoms with Crippen LogP contribution in [0.1, 0.15) is 58.9 Å². The van der Waals surface area contributed by atoms with Crippen LogP contribution in [-0.4, -0.2) is 24.9 Å². The molecule has 1 aromatic rings. The molecule has 1 saturated heterocycles. The zero-order valence-corrected chi connectivity index (χ0v) is 18.2. The highest BCUT2D eigenvalue weighted by atomic mass is 16.6. The van der Waals surface area contributed by atoms with Gasteiger partial charge in [-0.3, -0.25) is 0 Å². The van der Waals surface area contributed by atoms with Gasteiger partial charge in [0, 0.05) is 0 Å². The van der Waals surface area contributed by atoms with E-state index >= 15 is 0 Å². The van der Waals surface area contributed by atoms with Crippen LogP contribution in [0.4, 0.5) is 0 Å². The Hall–Kier alpha value is -2.04. The molecule has 0 amide bonds. The van der Waals surface area contributed by atoms with Gasteiger partial charge in [0.25, 0.3) is 0 Å². The van der Waals surface area contributed by atoms with Gasteiger partial charge in [-0.2, -0.15) is 0 Å². The molecule has 0 bridgehead atoms. The number of rotatable bonds is 10. The third kappa shape index (κ3) is 7.06. The second kappa shape index (κ2) is 10.1. The Morgan fingerprint density at radius 2 is 1.93 bits per heavy atom. The van der Waals surface area contributed by atoms with E-state index in [2.05, 4.69) is 39.8 Å². The molecule has 158 valence electrons. The van der Waals surface area contributed by atoms with Crippen molar-refractivity contribution in [1.29, 1.82) is 0 Å². The Bertz CT molecular complexity index is 773. The molecule has 0 spiro atoms. The molecule has 2 heterocycles. The fourth-order valence-electron chi connectivity index (χ4n) is 3.38. The van der Waals surface area contributed by atoms with Crippen LogP contribution >= 0.6 is 0 Å². The molecule has 2 aliphatic heterocycles. The summed E-state index contributed by atoms with van der Waals surface area (Å²) in [5.41, 5.74) is 4.02. The summed E-state index contributed by atoms with van der Waals surface area (Å²) in [6.07, 6.45) is 12.9. The highest BCUT2D eigenvalue weighted by Crippen LogP contribution is 2.39. The molecule has 0 aliphatic carbocycles. The summed E-state index contributed by atoms with van der Waals surface area (Å²) in [5, 5.41) is 0. The second-order valence-electron chi connectivity index (χ2n) is 8.49. The van der Waals surface area contributed by atoms with E-state index in [4.69, 9.17) is 18.9 Å². The quantitative estimate of drug-likeness (QED) is 0.270. The molecule has 4 heteroatoms. The minimum atomic E-state index is 0.107. The van der Waals surface area contributed by atoms with Gasteiger partial charge in [-0.05, 0) is 77.2 Å². The van der Waals surface area contributed by atoms with Gasteiger partial charge in [0.05, 0.1) is 31.2 Å². The lowest BCUT2D eigenvalue weighted by Crippen LogP contribution is -2.02. The van der Waals surface area contributed by atoms with E-state index in [1.165, 1.54) is 11.1 Å². The molecular formula is C25H34O4. The van der Waals surface area contributed by atoms with Gasteiger partial charge in [-0.15, -0.1) is 0 Å². The van der Waals surface area contributed by atoms with Crippen LogP contribution in [0.15, 0.2) is 53.8 Å². The van der Waals surface area contributed by atoms with Crippen molar-refractivity contribution >= 4 is 0 Å². The average Bonchev–Trinajstić information content (AvgIpc) is 3.37. The predicted molar refractivity (Wildman–Crippen MR) is 116 cm³/mol. The number of ether oxygens (including phenoxy) is 4. The van der Waals surface area contributed by atoms with Crippen molar-refractivity contribution in [2.75, 3.05) is 13.2 Å². The lowest BCUT2D eigenvalue weighted by atomic mass is 10.0. The van der Waals surface area contributed by atoms with E-state index in [1.807, 2.05) is 24.3 Å². The molecule has 0 saturated carbocycles. The van der Waals surface area contributed by atoms with Gasteiger partial charge >= 0.3 is 0 Å². The average molecular weight is 399 g/mol. The van der Waals surface area contributed by atoms with Crippen LogP contribution in [0.25, 0.3) is 0 Å². The molecule has 1 unspecified atom stereocenters. The molecule has 1 fully saturated rings. The Morgan fingerprint density at radius 1 is 1.14 bits per heavy atom. The highest BCUT2D eigenvalue weighted by Gasteiger charge is 2.46. The van der Waals surface area contributed by atoms with E-state index in [0.29, 0.717) is 25.9 Å². The van der Waals surface area contributed by atoms with Crippen molar-refractivity contribution < 1.29 is 18.9 Å². The summed E-state index contributed by atoms with van der Waals surface area (Å²) >= 11 is 0. The molecule has 1 aromatic carbocycles. The molecule has 1 atom stereocenters. The first-order valence-corrected chi connectivity index (χ1v) is 10.6. The third-order valence-corrected chi connectivity index (χ3v) is 5.45. The molecule has 0 radical (unpaired) electrons. The topological polar surface area (TPSA) is 40.2 Å². The van der Waals surface area contributed by atoms with Crippen LogP contribution in [-0.2, 0) is 16.1 Å². The smallest absolute Gasteiger partial charge is 0.168 e. The molecular weight excluding hydrogens is 364 g/mol. The summed E-state index contributed by atoms with van der Waals surface area (Å²) in [6, 6.07) is 5.93. The van der Waals surface area contributed by atoms with Crippen molar-refractivity contribution in [2.45, 2.75) is 71.7 Å². The summed E-state index contributed by atoms with van der Waals surface area (Å²) in [4.78, 5) is 0. The van der Waals surface area contributed by atoms with Crippen LogP contribution in [0.3, 0.4) is 0 Å². The standard InChI is InChI=1S/C25H34O4/c1-19(9-12-24-25(3,4)29-24)7-5-8-20(2)13-16-26-18-21-10-11-22-23(17-21)28-15-6-14-27-22/h6-7,10-11,13-14,17,24H,5,8-9,12,15-16,18H2,1-4H3. The van der Waals surface area contributed by atoms with Gasteiger partial charge < -0.3 is 18.9 Å². The van der Waals surface area contributed by atoms with Crippen molar-refractivity contribution in [3.8, 4) is 11.5 Å². The fourth-order valence-corrected chi connectivity index (χ4v) is 3.38. The Kier molecular flexibility index (Phi) is 7.57. The number of allylic oxidation sites excluding steroid dienone is 3. The molecule has 4 nitrogen and oxygen atoms in total. The monoisotopic (exact) mass is 398 g/mol. The number of benzene rings is 1. The Labute approximate surface area is 175 Å². The van der Waals surface area contributed by atoms with Gasteiger partial charge in [0.1, 0.15) is 6.61 Å². The fraction of sp³-hybridized carbons (Fsp3) is 0.520. The largest absolute Gasteiger partial charge is 0.485 e. The van der Waals surface area contributed by atoms with Crippen LogP contribution < -0.4 is 9.47 Å². The molecule has 0 aromatic heterocycles. The Balaban J connectivity index is 1.32. The normalized spacial score (nSPS) is 20.5. The maximum Gasteiger partial charge on any atom is 0.168 e. The summed E-state index contributed by atoms with van der Waals surface area (Å²) in [6.45, 7) is 10.4. The number of epoxide rings is 1. The molecule has 29 heavy (non-hydrogen) atoms. The first-order chi connectivity index (χ1) is 13.9. The van der Waals surface area contributed by atoms with Crippen LogP contribution in [0.2, 0.25) is 0 Å². The highest BCUT2D eigenvalue weighted by molar-refractivity contribution is 5.43. The zero-order chi connectivity index (χ0) is 20.7. The third-order valence-electron chi connectivity index (χ3n) is 5.45. The minimum absolute atomic E-state index is 0.107. The predicted octanol–water partition coefficient (Wildman–Crippen LogP) is 6.12. The first kappa shape index (κ1) is 21.7. The second-order valence-corrected chi connectivity index (χ2v) is 8.49. The van der Waals surface area contributed by atoms with Gasteiger partial charge in [-0.25, -0.2) is 0 Å². The van der Waals surface area contributed by atoms with E-state index < -0.39 is 0 Å². The van der Waals surface area contributed by atoms with Crippen molar-refractivity contribution in [1.82, 2.24) is 0 Å². The summed E-state index contributed by atoms with van der Waals surface area (Å²) < 4.78 is 22.6. The van der Waals surface area contributed by atoms with E-state index in [9.17, 15) is 0 Å². The maximum absolute atomic E-state index is 5.81. The van der Waals surface area contributed by atoms with Crippen LogP contribution in [0, 0.1) is 0 Å². The van der Waals surface area contributed by atoms with Gasteiger partial charge in [-0.1, -0.05) is 29.4 Å². The summed E-state index contributed by atoms with van der Waals surface area (Å²) in [7, 11) is 0. The first-order valence-electron chi connectivity index (χ1n) is 10.6. The SMILES string of the molecule is CC(=CCOCc1ccc2c(c1)OCC=CO2)CCC=C(C)CCC1OC1(C)C. The van der Waals surface area contributed by atoms with E-state index in [1.54, 1.807) is 6.26 Å². The number of fused-ring (bicyclic) bond motifs is 1.